The number of carbonyl (C=O) groups is 1. The number of esters is 1. The van der Waals surface area contributed by atoms with Crippen LogP contribution in [-0.4, -0.2) is 13.1 Å². The lowest BCUT2D eigenvalue weighted by Crippen LogP contribution is -2.36. The highest BCUT2D eigenvalue weighted by atomic mass is 19.1. The number of halogens is 1. The monoisotopic (exact) mass is 340 g/mol. The summed E-state index contributed by atoms with van der Waals surface area (Å²) in [5.74, 6) is -2.15. The Labute approximate surface area is 144 Å². The molecule has 0 amide bonds. The molecule has 0 fully saturated rings. The first-order valence-corrected chi connectivity index (χ1v) is 8.08. The zero-order valence-corrected chi connectivity index (χ0v) is 13.7. The third-order valence-electron chi connectivity index (χ3n) is 4.67. The molecule has 2 aromatic rings. The quantitative estimate of drug-likeness (QED) is 0.781. The SMILES string of the molecule is COC(=O)C1=C[C@H](c2ccccc2)C[C@]2(OCc3ccc(F)cc32)O1. The number of allylic oxidation sites excluding steroid dienone is 1. The van der Waals surface area contributed by atoms with Crippen LogP contribution in [0.25, 0.3) is 0 Å². The van der Waals surface area contributed by atoms with E-state index in [1.54, 1.807) is 12.1 Å². The van der Waals surface area contributed by atoms with Crippen LogP contribution in [0.4, 0.5) is 4.39 Å². The van der Waals surface area contributed by atoms with Crippen molar-refractivity contribution in [1.82, 2.24) is 0 Å². The average molecular weight is 340 g/mol. The molecule has 0 aliphatic carbocycles. The Morgan fingerprint density at radius 2 is 2.04 bits per heavy atom. The van der Waals surface area contributed by atoms with Gasteiger partial charge in [0.1, 0.15) is 5.82 Å². The first-order chi connectivity index (χ1) is 12.1. The van der Waals surface area contributed by atoms with Crippen molar-refractivity contribution in [2.24, 2.45) is 0 Å². The van der Waals surface area contributed by atoms with Crippen LogP contribution in [0.1, 0.15) is 29.0 Å². The van der Waals surface area contributed by atoms with Gasteiger partial charge < -0.3 is 14.2 Å². The number of fused-ring (bicyclic) bond motifs is 2. The van der Waals surface area contributed by atoms with Gasteiger partial charge in [-0.15, -0.1) is 0 Å². The fraction of sp³-hybridized carbons (Fsp3) is 0.250. The Bertz CT molecular complexity index is 846. The second kappa shape index (κ2) is 6.01. The van der Waals surface area contributed by atoms with E-state index >= 15 is 0 Å². The van der Waals surface area contributed by atoms with Crippen molar-refractivity contribution in [3.63, 3.8) is 0 Å². The van der Waals surface area contributed by atoms with Gasteiger partial charge in [0.2, 0.25) is 11.5 Å². The third kappa shape index (κ3) is 2.70. The molecule has 0 saturated carbocycles. The molecule has 0 bridgehead atoms. The maximum Gasteiger partial charge on any atom is 0.373 e. The highest BCUT2D eigenvalue weighted by Crippen LogP contribution is 2.49. The predicted octanol–water partition coefficient (Wildman–Crippen LogP) is 3.77. The van der Waals surface area contributed by atoms with Gasteiger partial charge in [0.05, 0.1) is 13.7 Å². The Morgan fingerprint density at radius 1 is 1.24 bits per heavy atom. The van der Waals surface area contributed by atoms with Crippen LogP contribution in [0, 0.1) is 5.82 Å². The van der Waals surface area contributed by atoms with Crippen molar-refractivity contribution in [1.29, 1.82) is 0 Å². The Hall–Kier alpha value is -2.66. The molecule has 2 heterocycles. The van der Waals surface area contributed by atoms with E-state index in [1.165, 1.54) is 19.2 Å². The highest BCUT2D eigenvalue weighted by molar-refractivity contribution is 5.86. The molecule has 0 saturated heterocycles. The van der Waals surface area contributed by atoms with E-state index < -0.39 is 11.8 Å². The molecule has 128 valence electrons. The summed E-state index contributed by atoms with van der Waals surface area (Å²) in [6, 6.07) is 14.3. The lowest BCUT2D eigenvalue weighted by molar-refractivity contribution is -0.231. The first kappa shape index (κ1) is 15.8. The number of rotatable bonds is 2. The average Bonchev–Trinajstić information content (AvgIpc) is 2.98. The second-order valence-electron chi connectivity index (χ2n) is 6.19. The zero-order chi connectivity index (χ0) is 17.4. The van der Waals surface area contributed by atoms with Gasteiger partial charge in [0.15, 0.2) is 0 Å². The maximum absolute atomic E-state index is 13.8. The number of benzene rings is 2. The van der Waals surface area contributed by atoms with Crippen molar-refractivity contribution in [3.05, 3.63) is 82.9 Å². The second-order valence-corrected chi connectivity index (χ2v) is 6.19. The van der Waals surface area contributed by atoms with Crippen molar-refractivity contribution in [2.45, 2.75) is 24.7 Å². The molecule has 4 rings (SSSR count). The summed E-state index contributed by atoms with van der Waals surface area (Å²) >= 11 is 0. The van der Waals surface area contributed by atoms with Crippen molar-refractivity contribution >= 4 is 5.97 Å². The summed E-state index contributed by atoms with van der Waals surface area (Å²) in [6.45, 7) is 0.311. The van der Waals surface area contributed by atoms with E-state index in [0.717, 1.165) is 11.1 Å². The standard InChI is InChI=1S/C20H17FO4/c1-23-19(22)18-9-15(13-5-3-2-4-6-13)11-20(25-18)17-10-16(21)8-7-14(17)12-24-20/h2-10,15H,11-12H2,1H3/t15-,20-/m0/s1. The summed E-state index contributed by atoms with van der Waals surface area (Å²) in [6.07, 6.45) is 2.20. The van der Waals surface area contributed by atoms with Gasteiger partial charge >= 0.3 is 5.97 Å². The first-order valence-electron chi connectivity index (χ1n) is 8.08. The molecule has 5 heteroatoms. The predicted molar refractivity (Wildman–Crippen MR) is 87.9 cm³/mol. The smallest absolute Gasteiger partial charge is 0.373 e. The molecule has 0 aromatic heterocycles. The normalized spacial score (nSPS) is 24.4. The lowest BCUT2D eigenvalue weighted by Gasteiger charge is -2.37. The number of hydrogen-bond donors (Lipinski definition) is 0. The Balaban J connectivity index is 1.80. The lowest BCUT2D eigenvalue weighted by atomic mass is 9.85. The van der Waals surface area contributed by atoms with Crippen LogP contribution in [0.3, 0.4) is 0 Å². The molecular weight excluding hydrogens is 323 g/mol. The molecule has 25 heavy (non-hydrogen) atoms. The van der Waals surface area contributed by atoms with Crippen LogP contribution in [-0.2, 0) is 31.4 Å². The number of ether oxygens (including phenoxy) is 3. The maximum atomic E-state index is 13.8. The number of carbonyl (C=O) groups excluding carboxylic acids is 1. The van der Waals surface area contributed by atoms with Crippen molar-refractivity contribution < 1.29 is 23.4 Å². The van der Waals surface area contributed by atoms with Gasteiger partial charge in [0, 0.05) is 17.9 Å². The van der Waals surface area contributed by atoms with E-state index in [-0.39, 0.29) is 17.5 Å². The minimum absolute atomic E-state index is 0.0831. The van der Waals surface area contributed by atoms with Gasteiger partial charge in [-0.25, -0.2) is 9.18 Å². The molecule has 0 unspecified atom stereocenters. The Morgan fingerprint density at radius 3 is 2.80 bits per heavy atom. The van der Waals surface area contributed by atoms with Crippen molar-refractivity contribution in [2.75, 3.05) is 7.11 Å². The zero-order valence-electron chi connectivity index (χ0n) is 13.7. The van der Waals surface area contributed by atoms with E-state index in [9.17, 15) is 9.18 Å². The summed E-state index contributed by atoms with van der Waals surface area (Å²) in [7, 11) is 1.30. The van der Waals surface area contributed by atoms with Gasteiger partial charge in [-0.2, -0.15) is 0 Å². The van der Waals surface area contributed by atoms with E-state index in [1.807, 2.05) is 30.3 Å². The van der Waals surface area contributed by atoms with E-state index in [4.69, 9.17) is 14.2 Å². The van der Waals surface area contributed by atoms with Gasteiger partial charge in [-0.3, -0.25) is 0 Å². The molecular formula is C20H17FO4. The minimum Gasteiger partial charge on any atom is -0.463 e. The summed E-state index contributed by atoms with van der Waals surface area (Å²) in [4.78, 5) is 12.1. The molecule has 2 aliphatic heterocycles. The molecule has 4 nitrogen and oxygen atoms in total. The Kier molecular flexibility index (Phi) is 3.81. The third-order valence-corrected chi connectivity index (χ3v) is 4.67. The fourth-order valence-electron chi connectivity index (χ4n) is 3.46. The van der Waals surface area contributed by atoms with Gasteiger partial charge in [-0.05, 0) is 29.3 Å². The van der Waals surface area contributed by atoms with Gasteiger partial charge in [-0.1, -0.05) is 36.4 Å². The van der Waals surface area contributed by atoms with Gasteiger partial charge in [0.25, 0.3) is 0 Å². The molecule has 1 spiro atoms. The molecule has 2 aromatic carbocycles. The number of hydrogen-bond acceptors (Lipinski definition) is 4. The number of methoxy groups -OCH3 is 1. The summed E-state index contributed by atoms with van der Waals surface area (Å²) < 4.78 is 30.5. The topological polar surface area (TPSA) is 44.8 Å². The summed E-state index contributed by atoms with van der Waals surface area (Å²) in [5, 5.41) is 0. The molecule has 2 atom stereocenters. The van der Waals surface area contributed by atoms with E-state index in [0.29, 0.717) is 18.6 Å². The van der Waals surface area contributed by atoms with E-state index in [2.05, 4.69) is 0 Å². The largest absolute Gasteiger partial charge is 0.463 e. The molecule has 0 N–H and O–H groups in total. The molecule has 2 aliphatic rings. The minimum atomic E-state index is -1.18. The van der Waals surface area contributed by atoms with Crippen LogP contribution in [0.5, 0.6) is 0 Å². The highest BCUT2D eigenvalue weighted by Gasteiger charge is 2.48. The van der Waals surface area contributed by atoms with Crippen LogP contribution in [0.15, 0.2) is 60.4 Å². The van der Waals surface area contributed by atoms with Crippen molar-refractivity contribution in [3.8, 4) is 0 Å². The van der Waals surface area contributed by atoms with Crippen LogP contribution in [0.2, 0.25) is 0 Å². The van der Waals surface area contributed by atoms with Crippen LogP contribution >= 0.6 is 0 Å². The van der Waals surface area contributed by atoms with Crippen LogP contribution < -0.4 is 0 Å². The summed E-state index contributed by atoms with van der Waals surface area (Å²) in [5.41, 5.74) is 2.52. The fourth-order valence-corrected chi connectivity index (χ4v) is 3.46. The molecule has 0 radical (unpaired) electrons.